The lowest BCUT2D eigenvalue weighted by Gasteiger charge is -2.26. The Morgan fingerprint density at radius 3 is 2.40 bits per heavy atom. The van der Waals surface area contributed by atoms with E-state index in [0.29, 0.717) is 12.8 Å². The minimum absolute atomic E-state index is 0.124. The first-order valence-electron chi connectivity index (χ1n) is 7.42. The zero-order chi connectivity index (χ0) is 14.3. The summed E-state index contributed by atoms with van der Waals surface area (Å²) in [5.41, 5.74) is 6.19. The molecule has 3 rings (SSSR count). The van der Waals surface area contributed by atoms with Gasteiger partial charge in [-0.05, 0) is 32.1 Å². The maximum Gasteiger partial charge on any atom is 0.435 e. The van der Waals surface area contributed by atoms with E-state index in [2.05, 4.69) is 5.10 Å². The first-order chi connectivity index (χ1) is 9.48. The standard InChI is InChI=1S/C14H20F3N3/c15-14(16,17)13-12-10(18)7-4-8-11(12)20(19-13)9-5-2-1-3-6-9/h9-10H,1-8,18H2. The fraction of sp³-hybridized carbons (Fsp3) is 0.786. The number of nitrogens with zero attached hydrogens (tertiary/aromatic N) is 2. The second-order valence-corrected chi connectivity index (χ2v) is 5.94. The number of rotatable bonds is 1. The highest BCUT2D eigenvalue weighted by Gasteiger charge is 2.42. The third kappa shape index (κ3) is 2.34. The number of hydrogen-bond acceptors (Lipinski definition) is 2. The summed E-state index contributed by atoms with van der Waals surface area (Å²) in [5.74, 6) is 0. The molecule has 1 aromatic rings. The molecule has 20 heavy (non-hydrogen) atoms. The third-order valence-corrected chi connectivity index (χ3v) is 4.54. The molecule has 0 amide bonds. The van der Waals surface area contributed by atoms with E-state index >= 15 is 0 Å². The topological polar surface area (TPSA) is 43.8 Å². The molecule has 0 aromatic carbocycles. The van der Waals surface area contributed by atoms with E-state index < -0.39 is 17.9 Å². The van der Waals surface area contributed by atoms with Crippen LogP contribution in [0, 0.1) is 0 Å². The number of fused-ring (bicyclic) bond motifs is 1. The molecule has 1 heterocycles. The van der Waals surface area contributed by atoms with Gasteiger partial charge in [-0.25, -0.2) is 0 Å². The van der Waals surface area contributed by atoms with Gasteiger partial charge in [0.25, 0.3) is 0 Å². The molecule has 2 aliphatic rings. The van der Waals surface area contributed by atoms with Crippen molar-refractivity contribution in [2.24, 2.45) is 5.73 Å². The van der Waals surface area contributed by atoms with Crippen LogP contribution in [-0.4, -0.2) is 9.78 Å². The molecule has 1 atom stereocenters. The van der Waals surface area contributed by atoms with Crippen molar-refractivity contribution in [3.05, 3.63) is 17.0 Å². The number of aromatic nitrogens is 2. The normalized spacial score (nSPS) is 24.7. The van der Waals surface area contributed by atoms with Gasteiger partial charge in [0.05, 0.1) is 6.04 Å². The summed E-state index contributed by atoms with van der Waals surface area (Å²) in [6.07, 6.45) is 2.92. The van der Waals surface area contributed by atoms with Crippen LogP contribution in [0.5, 0.6) is 0 Å². The van der Waals surface area contributed by atoms with Gasteiger partial charge in [0, 0.05) is 17.3 Å². The summed E-state index contributed by atoms with van der Waals surface area (Å²) in [6.45, 7) is 0. The van der Waals surface area contributed by atoms with Gasteiger partial charge in [0.1, 0.15) is 0 Å². The lowest BCUT2D eigenvalue weighted by atomic mass is 9.90. The average molecular weight is 287 g/mol. The molecule has 6 heteroatoms. The molecule has 0 bridgehead atoms. The van der Waals surface area contributed by atoms with Crippen molar-refractivity contribution < 1.29 is 13.2 Å². The minimum atomic E-state index is -4.40. The highest BCUT2D eigenvalue weighted by molar-refractivity contribution is 5.34. The Hall–Kier alpha value is -1.04. The Balaban J connectivity index is 2.06. The van der Waals surface area contributed by atoms with E-state index in [1.807, 2.05) is 0 Å². The fourth-order valence-electron chi connectivity index (χ4n) is 3.59. The highest BCUT2D eigenvalue weighted by atomic mass is 19.4. The van der Waals surface area contributed by atoms with Gasteiger partial charge in [0.2, 0.25) is 0 Å². The minimum Gasteiger partial charge on any atom is -0.324 e. The van der Waals surface area contributed by atoms with Crippen LogP contribution in [0.2, 0.25) is 0 Å². The van der Waals surface area contributed by atoms with E-state index in [0.717, 1.165) is 37.8 Å². The van der Waals surface area contributed by atoms with Crippen molar-refractivity contribution in [3.8, 4) is 0 Å². The molecule has 1 unspecified atom stereocenters. The van der Waals surface area contributed by atoms with Gasteiger partial charge in [-0.2, -0.15) is 18.3 Å². The van der Waals surface area contributed by atoms with Crippen molar-refractivity contribution >= 4 is 0 Å². The van der Waals surface area contributed by atoms with E-state index in [4.69, 9.17) is 5.73 Å². The molecule has 2 N–H and O–H groups in total. The van der Waals surface area contributed by atoms with Crippen LogP contribution in [0.3, 0.4) is 0 Å². The summed E-state index contributed by atoms with van der Waals surface area (Å²) in [4.78, 5) is 0. The summed E-state index contributed by atoms with van der Waals surface area (Å²) in [6, 6.07) is -0.397. The second kappa shape index (κ2) is 5.06. The molecule has 0 saturated heterocycles. The van der Waals surface area contributed by atoms with Crippen molar-refractivity contribution in [1.29, 1.82) is 0 Å². The molecule has 0 spiro atoms. The van der Waals surface area contributed by atoms with E-state index in [-0.39, 0.29) is 11.6 Å². The Labute approximate surface area is 116 Å². The van der Waals surface area contributed by atoms with E-state index in [1.165, 1.54) is 6.42 Å². The molecular formula is C14H20F3N3. The molecule has 1 saturated carbocycles. The first-order valence-corrected chi connectivity index (χ1v) is 7.42. The summed E-state index contributed by atoms with van der Waals surface area (Å²) in [7, 11) is 0. The Morgan fingerprint density at radius 1 is 1.05 bits per heavy atom. The predicted octanol–water partition coefficient (Wildman–Crippen LogP) is 3.74. The zero-order valence-electron chi connectivity index (χ0n) is 11.4. The van der Waals surface area contributed by atoms with Crippen LogP contribution in [0.15, 0.2) is 0 Å². The van der Waals surface area contributed by atoms with Crippen LogP contribution < -0.4 is 5.73 Å². The highest BCUT2D eigenvalue weighted by Crippen LogP contribution is 2.41. The number of halogens is 3. The Bertz CT molecular complexity index is 487. The zero-order valence-corrected chi connectivity index (χ0v) is 11.4. The van der Waals surface area contributed by atoms with Gasteiger partial charge >= 0.3 is 6.18 Å². The van der Waals surface area contributed by atoms with Gasteiger partial charge in [-0.1, -0.05) is 19.3 Å². The molecule has 2 aliphatic carbocycles. The van der Waals surface area contributed by atoms with E-state index in [1.54, 1.807) is 4.68 Å². The van der Waals surface area contributed by atoms with Gasteiger partial charge < -0.3 is 5.73 Å². The molecule has 3 nitrogen and oxygen atoms in total. The van der Waals surface area contributed by atoms with E-state index in [9.17, 15) is 13.2 Å². The van der Waals surface area contributed by atoms with Crippen molar-refractivity contribution in [2.45, 2.75) is 69.6 Å². The maximum absolute atomic E-state index is 13.2. The lowest BCUT2D eigenvalue weighted by Crippen LogP contribution is -2.22. The number of alkyl halides is 3. The first kappa shape index (κ1) is 13.9. The van der Waals surface area contributed by atoms with Crippen LogP contribution in [0.4, 0.5) is 13.2 Å². The van der Waals surface area contributed by atoms with Crippen LogP contribution >= 0.6 is 0 Å². The fourth-order valence-corrected chi connectivity index (χ4v) is 3.59. The Kier molecular flexibility index (Phi) is 3.52. The summed E-state index contributed by atoms with van der Waals surface area (Å²) < 4.78 is 41.3. The average Bonchev–Trinajstić information content (AvgIpc) is 2.81. The monoisotopic (exact) mass is 287 g/mol. The molecule has 112 valence electrons. The maximum atomic E-state index is 13.2. The SMILES string of the molecule is NC1CCCc2c1c(C(F)(F)F)nn2C1CCCCC1. The second-order valence-electron chi connectivity index (χ2n) is 5.94. The number of hydrogen-bond donors (Lipinski definition) is 1. The molecule has 1 aromatic heterocycles. The largest absolute Gasteiger partial charge is 0.435 e. The van der Waals surface area contributed by atoms with Crippen LogP contribution in [0.25, 0.3) is 0 Å². The molecular weight excluding hydrogens is 267 g/mol. The van der Waals surface area contributed by atoms with Gasteiger partial charge in [-0.3, -0.25) is 4.68 Å². The van der Waals surface area contributed by atoms with Gasteiger partial charge in [0.15, 0.2) is 5.69 Å². The summed E-state index contributed by atoms with van der Waals surface area (Å²) >= 11 is 0. The molecule has 0 aliphatic heterocycles. The van der Waals surface area contributed by atoms with Gasteiger partial charge in [-0.15, -0.1) is 0 Å². The number of nitrogens with two attached hydrogens (primary N) is 1. The quantitative estimate of drug-likeness (QED) is 0.855. The summed E-state index contributed by atoms with van der Waals surface area (Å²) in [5, 5.41) is 3.95. The van der Waals surface area contributed by atoms with Crippen LogP contribution in [-0.2, 0) is 12.6 Å². The smallest absolute Gasteiger partial charge is 0.324 e. The molecule has 0 radical (unpaired) electrons. The van der Waals surface area contributed by atoms with Crippen LogP contribution in [0.1, 0.15) is 74.0 Å². The predicted molar refractivity (Wildman–Crippen MR) is 69.2 cm³/mol. The Morgan fingerprint density at radius 2 is 1.75 bits per heavy atom. The lowest BCUT2D eigenvalue weighted by molar-refractivity contribution is -0.142. The molecule has 1 fully saturated rings. The van der Waals surface area contributed by atoms with Crippen molar-refractivity contribution in [2.75, 3.05) is 0 Å². The third-order valence-electron chi connectivity index (χ3n) is 4.54. The van der Waals surface area contributed by atoms with Crippen molar-refractivity contribution in [3.63, 3.8) is 0 Å². The van der Waals surface area contributed by atoms with Crippen molar-refractivity contribution in [1.82, 2.24) is 9.78 Å².